The number of para-hydroxylation sites is 1. The zero-order valence-corrected chi connectivity index (χ0v) is 12.7. The molecule has 0 aliphatic carbocycles. The molecule has 0 atom stereocenters. The number of aromatic amines is 1. The van der Waals surface area contributed by atoms with Gasteiger partial charge < -0.3 is 10.3 Å². The maximum atomic E-state index is 12.3. The fraction of sp³-hybridized carbons (Fsp3) is 0.0526. The molecule has 3 aromatic rings. The van der Waals surface area contributed by atoms with Crippen LogP contribution in [0.2, 0.25) is 0 Å². The van der Waals surface area contributed by atoms with Crippen LogP contribution in [0, 0.1) is 0 Å². The molecule has 0 unspecified atom stereocenters. The summed E-state index contributed by atoms with van der Waals surface area (Å²) in [5.74, 6) is -0.156. The predicted molar refractivity (Wildman–Crippen MR) is 92.4 cm³/mol. The molecule has 0 fully saturated rings. The first kappa shape index (κ1) is 14.8. The van der Waals surface area contributed by atoms with Crippen molar-refractivity contribution in [2.75, 3.05) is 5.32 Å². The van der Waals surface area contributed by atoms with Gasteiger partial charge in [-0.1, -0.05) is 36.4 Å². The van der Waals surface area contributed by atoms with Crippen LogP contribution in [0.3, 0.4) is 0 Å². The molecular weight excluding hydrogens is 288 g/mol. The third kappa shape index (κ3) is 3.37. The Labute approximate surface area is 133 Å². The Morgan fingerprint density at radius 3 is 2.52 bits per heavy atom. The van der Waals surface area contributed by atoms with E-state index in [4.69, 9.17) is 0 Å². The minimum atomic E-state index is -0.109. The number of allylic oxidation sites excluding steroid dienone is 1. The van der Waals surface area contributed by atoms with E-state index in [2.05, 4.69) is 10.3 Å². The van der Waals surface area contributed by atoms with Gasteiger partial charge in [-0.05, 0) is 29.8 Å². The quantitative estimate of drug-likeness (QED) is 0.565. The van der Waals surface area contributed by atoms with Crippen LogP contribution in [0.4, 0.5) is 5.69 Å². The first-order valence-corrected chi connectivity index (χ1v) is 7.29. The molecule has 1 aromatic heterocycles. The van der Waals surface area contributed by atoms with Crippen molar-refractivity contribution >= 4 is 34.4 Å². The summed E-state index contributed by atoms with van der Waals surface area (Å²) < 4.78 is 0. The van der Waals surface area contributed by atoms with E-state index in [1.165, 1.54) is 6.92 Å². The molecule has 3 rings (SSSR count). The van der Waals surface area contributed by atoms with Gasteiger partial charge in [0, 0.05) is 35.3 Å². The molecular formula is C19H16N2O2. The van der Waals surface area contributed by atoms with Crippen molar-refractivity contribution in [2.45, 2.75) is 6.92 Å². The van der Waals surface area contributed by atoms with Crippen LogP contribution < -0.4 is 5.32 Å². The maximum Gasteiger partial charge on any atom is 0.221 e. The standard InChI is InChI=1S/C19H16N2O2/c1-13(22)21-15-9-6-14(7-10-15)8-11-19(23)17-12-20-18-5-3-2-4-16(17)18/h2-12,20H,1H3,(H,21,22)/b11-8+. The molecule has 4 heteroatoms. The van der Waals surface area contributed by atoms with Crippen molar-refractivity contribution in [1.82, 2.24) is 4.98 Å². The molecule has 0 aliphatic rings. The van der Waals surface area contributed by atoms with Gasteiger partial charge in [0.05, 0.1) is 0 Å². The van der Waals surface area contributed by atoms with E-state index in [9.17, 15) is 9.59 Å². The van der Waals surface area contributed by atoms with Crippen molar-refractivity contribution in [3.8, 4) is 0 Å². The normalized spacial score (nSPS) is 11.0. The number of amides is 1. The Bertz CT molecular complexity index is 889. The van der Waals surface area contributed by atoms with E-state index in [0.29, 0.717) is 5.56 Å². The molecule has 0 bridgehead atoms. The van der Waals surface area contributed by atoms with Crippen molar-refractivity contribution < 1.29 is 9.59 Å². The van der Waals surface area contributed by atoms with E-state index in [0.717, 1.165) is 22.2 Å². The van der Waals surface area contributed by atoms with Crippen LogP contribution in [0.1, 0.15) is 22.8 Å². The highest BCUT2D eigenvalue weighted by Crippen LogP contribution is 2.19. The second-order valence-electron chi connectivity index (χ2n) is 5.25. The molecule has 0 radical (unpaired) electrons. The fourth-order valence-corrected chi connectivity index (χ4v) is 2.42. The highest BCUT2D eigenvalue weighted by atomic mass is 16.1. The number of ketones is 1. The van der Waals surface area contributed by atoms with Gasteiger partial charge in [0.2, 0.25) is 5.91 Å². The zero-order valence-electron chi connectivity index (χ0n) is 12.7. The monoisotopic (exact) mass is 304 g/mol. The third-order valence-electron chi connectivity index (χ3n) is 3.51. The lowest BCUT2D eigenvalue weighted by Crippen LogP contribution is -2.05. The van der Waals surface area contributed by atoms with Crippen molar-refractivity contribution in [3.63, 3.8) is 0 Å². The van der Waals surface area contributed by atoms with E-state index in [1.54, 1.807) is 30.5 Å². The summed E-state index contributed by atoms with van der Waals surface area (Å²) in [5.41, 5.74) is 3.24. The number of carbonyl (C=O) groups excluding carboxylic acids is 2. The molecule has 114 valence electrons. The minimum absolute atomic E-state index is 0.0478. The van der Waals surface area contributed by atoms with E-state index in [1.807, 2.05) is 36.4 Å². The molecule has 0 aliphatic heterocycles. The average molecular weight is 304 g/mol. The molecule has 2 aromatic carbocycles. The summed E-state index contributed by atoms with van der Waals surface area (Å²) in [5, 5.41) is 3.62. The summed E-state index contributed by atoms with van der Waals surface area (Å²) in [6.45, 7) is 1.47. The van der Waals surface area contributed by atoms with Gasteiger partial charge in [0.25, 0.3) is 0 Å². The molecule has 1 heterocycles. The first-order valence-electron chi connectivity index (χ1n) is 7.29. The van der Waals surface area contributed by atoms with Gasteiger partial charge in [0.1, 0.15) is 0 Å². The molecule has 23 heavy (non-hydrogen) atoms. The maximum absolute atomic E-state index is 12.3. The number of hydrogen-bond acceptors (Lipinski definition) is 2. The van der Waals surface area contributed by atoms with Crippen molar-refractivity contribution in [3.05, 3.63) is 71.9 Å². The van der Waals surface area contributed by atoms with Gasteiger partial charge in [-0.3, -0.25) is 9.59 Å². The Morgan fingerprint density at radius 2 is 1.78 bits per heavy atom. The molecule has 0 saturated carbocycles. The number of carbonyl (C=O) groups is 2. The van der Waals surface area contributed by atoms with E-state index < -0.39 is 0 Å². The number of aromatic nitrogens is 1. The Morgan fingerprint density at radius 1 is 1.04 bits per heavy atom. The lowest BCUT2D eigenvalue weighted by Gasteiger charge is -2.01. The van der Waals surface area contributed by atoms with Crippen LogP contribution >= 0.6 is 0 Å². The third-order valence-corrected chi connectivity index (χ3v) is 3.51. The minimum Gasteiger partial charge on any atom is -0.360 e. The number of nitrogens with one attached hydrogen (secondary N) is 2. The van der Waals surface area contributed by atoms with Gasteiger partial charge in [-0.2, -0.15) is 0 Å². The summed E-state index contributed by atoms with van der Waals surface area (Å²) >= 11 is 0. The van der Waals surface area contributed by atoms with Crippen LogP contribution in [0.25, 0.3) is 17.0 Å². The zero-order chi connectivity index (χ0) is 16.2. The highest BCUT2D eigenvalue weighted by molar-refractivity contribution is 6.14. The van der Waals surface area contributed by atoms with Crippen LogP contribution in [0.5, 0.6) is 0 Å². The van der Waals surface area contributed by atoms with E-state index >= 15 is 0 Å². The Balaban J connectivity index is 1.77. The SMILES string of the molecule is CC(=O)Nc1ccc(/C=C/C(=O)c2c[nH]c3ccccc23)cc1. The molecule has 0 saturated heterocycles. The lowest BCUT2D eigenvalue weighted by atomic mass is 10.1. The number of fused-ring (bicyclic) bond motifs is 1. The highest BCUT2D eigenvalue weighted by Gasteiger charge is 2.08. The van der Waals surface area contributed by atoms with Crippen LogP contribution in [-0.2, 0) is 4.79 Å². The number of rotatable bonds is 4. The Kier molecular flexibility index (Phi) is 4.06. The average Bonchev–Trinajstić information content (AvgIpc) is 2.97. The van der Waals surface area contributed by atoms with Crippen molar-refractivity contribution in [2.24, 2.45) is 0 Å². The second kappa shape index (κ2) is 6.32. The largest absolute Gasteiger partial charge is 0.360 e. The fourth-order valence-electron chi connectivity index (χ4n) is 2.42. The second-order valence-corrected chi connectivity index (χ2v) is 5.25. The molecule has 2 N–H and O–H groups in total. The summed E-state index contributed by atoms with van der Waals surface area (Å²) in [6.07, 6.45) is 5.06. The molecule has 4 nitrogen and oxygen atoms in total. The first-order chi connectivity index (χ1) is 11.1. The molecule has 0 spiro atoms. The lowest BCUT2D eigenvalue weighted by molar-refractivity contribution is -0.114. The summed E-state index contributed by atoms with van der Waals surface area (Å²) in [4.78, 5) is 26.4. The van der Waals surface area contributed by atoms with Gasteiger partial charge in [-0.25, -0.2) is 0 Å². The van der Waals surface area contributed by atoms with Gasteiger partial charge in [-0.15, -0.1) is 0 Å². The smallest absolute Gasteiger partial charge is 0.221 e. The number of H-pyrrole nitrogens is 1. The summed E-state index contributed by atoms with van der Waals surface area (Å²) in [6, 6.07) is 15.0. The van der Waals surface area contributed by atoms with Gasteiger partial charge >= 0.3 is 0 Å². The van der Waals surface area contributed by atoms with E-state index in [-0.39, 0.29) is 11.7 Å². The Hall–Kier alpha value is -3.14. The predicted octanol–water partition coefficient (Wildman–Crippen LogP) is 4.02. The summed E-state index contributed by atoms with van der Waals surface area (Å²) in [7, 11) is 0. The van der Waals surface area contributed by atoms with Crippen LogP contribution in [-0.4, -0.2) is 16.7 Å². The van der Waals surface area contributed by atoms with Crippen LogP contribution in [0.15, 0.2) is 60.8 Å². The topological polar surface area (TPSA) is 62.0 Å². The number of benzene rings is 2. The van der Waals surface area contributed by atoms with Crippen molar-refractivity contribution in [1.29, 1.82) is 0 Å². The molecule has 1 amide bonds. The van der Waals surface area contributed by atoms with Gasteiger partial charge in [0.15, 0.2) is 5.78 Å². The number of anilines is 1. The number of hydrogen-bond donors (Lipinski definition) is 2.